The number of aromatic nitrogens is 3. The van der Waals surface area contributed by atoms with Gasteiger partial charge >= 0.3 is 6.01 Å². The summed E-state index contributed by atoms with van der Waals surface area (Å²) in [4.78, 5) is 19.2. The van der Waals surface area contributed by atoms with E-state index in [2.05, 4.69) is 44.2 Å². The van der Waals surface area contributed by atoms with E-state index in [4.69, 9.17) is 25.9 Å². The summed E-state index contributed by atoms with van der Waals surface area (Å²) in [6.45, 7) is 4.11. The van der Waals surface area contributed by atoms with Crippen LogP contribution in [0.3, 0.4) is 0 Å². The van der Waals surface area contributed by atoms with E-state index >= 15 is 4.39 Å². The number of ether oxygens (including phenoxy) is 2. The van der Waals surface area contributed by atoms with Crippen LogP contribution in [-0.4, -0.2) is 69.9 Å². The first-order valence-corrected chi connectivity index (χ1v) is 17.2. The van der Waals surface area contributed by atoms with E-state index in [1.54, 1.807) is 18.3 Å². The molecular formula is C39H35FN6O3. The summed E-state index contributed by atoms with van der Waals surface area (Å²) in [5.74, 6) is 2.72. The van der Waals surface area contributed by atoms with Crippen LogP contribution in [0.15, 0.2) is 54.7 Å². The number of fused-ring (bicyclic) bond motifs is 7. The Morgan fingerprint density at radius 3 is 2.84 bits per heavy atom. The Labute approximate surface area is 283 Å². The molecule has 0 saturated carbocycles. The first kappa shape index (κ1) is 29.1. The van der Waals surface area contributed by atoms with Gasteiger partial charge in [-0.15, -0.1) is 6.42 Å². The average Bonchev–Trinajstić information content (AvgIpc) is 3.78. The normalized spacial score (nSPS) is 25.5. The van der Waals surface area contributed by atoms with E-state index in [0.717, 1.165) is 45.3 Å². The number of aromatic hydroxyl groups is 1. The number of hydrogen-bond acceptors (Lipinski definition) is 9. The van der Waals surface area contributed by atoms with Gasteiger partial charge in [0.2, 0.25) is 0 Å². The first-order chi connectivity index (χ1) is 24.0. The Morgan fingerprint density at radius 1 is 1.12 bits per heavy atom. The maximum Gasteiger partial charge on any atom is 0.319 e. The van der Waals surface area contributed by atoms with Gasteiger partial charge in [-0.25, -0.2) is 4.39 Å². The number of benzene rings is 3. The predicted octanol–water partition coefficient (Wildman–Crippen LogP) is 5.57. The molecule has 49 heavy (non-hydrogen) atoms. The Kier molecular flexibility index (Phi) is 6.44. The van der Waals surface area contributed by atoms with Gasteiger partial charge in [-0.2, -0.15) is 9.97 Å². The summed E-state index contributed by atoms with van der Waals surface area (Å²) in [5, 5.41) is 16.2. The van der Waals surface area contributed by atoms with E-state index in [0.29, 0.717) is 65.0 Å². The lowest BCUT2D eigenvalue weighted by Crippen LogP contribution is -2.51. The minimum absolute atomic E-state index is 0.00491. The van der Waals surface area contributed by atoms with Crippen molar-refractivity contribution in [1.29, 1.82) is 0 Å². The number of nitrogens with zero attached hydrogens (tertiary/aromatic N) is 5. The number of phenolic OH excluding ortho intramolecular Hbond substituents is 1. The summed E-state index contributed by atoms with van der Waals surface area (Å²) in [7, 11) is 0. The smallest absolute Gasteiger partial charge is 0.319 e. The molecule has 7 heterocycles. The van der Waals surface area contributed by atoms with Crippen LogP contribution in [0.25, 0.3) is 32.9 Å². The summed E-state index contributed by atoms with van der Waals surface area (Å²) in [5.41, 5.74) is 4.78. The molecule has 5 aromatic rings. The van der Waals surface area contributed by atoms with Gasteiger partial charge < -0.3 is 24.8 Å². The maximum absolute atomic E-state index is 17.0. The standard InChI is InChI=1S/C39H35FN6O3/c1-2-22-6-3-7-23-14-27(47)15-28(32(22)23)35-34(40)36-29(16-41-35)37(45-17-25-10-11-26(18-45)42-25)44-38(43-36)49-21-39-12-5-13-46(39)31-20-48-19-24-8-4-9-30(39)33(24)31/h1,3-4,6-9,14-16,25-26,31,42,47H,5,10-13,17-21H2/t25-,26+,31?,39?. The van der Waals surface area contributed by atoms with Crippen molar-refractivity contribution in [2.45, 2.75) is 56.0 Å². The molecule has 5 aliphatic heterocycles. The second-order valence-electron chi connectivity index (χ2n) is 14.1. The van der Waals surface area contributed by atoms with Gasteiger partial charge in [0.25, 0.3) is 0 Å². The molecule has 2 N–H and O–H groups in total. The minimum atomic E-state index is -0.609. The molecule has 0 aliphatic carbocycles. The van der Waals surface area contributed by atoms with E-state index in [1.807, 2.05) is 12.1 Å². The van der Waals surface area contributed by atoms with Crippen molar-refractivity contribution >= 4 is 27.5 Å². The third kappa shape index (κ3) is 4.32. The third-order valence-electron chi connectivity index (χ3n) is 11.5. The zero-order valence-electron chi connectivity index (χ0n) is 27.0. The quantitative estimate of drug-likeness (QED) is 0.236. The molecule has 0 amide bonds. The molecule has 9 nitrogen and oxygen atoms in total. The fourth-order valence-corrected chi connectivity index (χ4v) is 9.41. The molecule has 10 heteroatoms. The fourth-order valence-electron chi connectivity index (χ4n) is 9.41. The van der Waals surface area contributed by atoms with Gasteiger partial charge in [-0.1, -0.05) is 36.3 Å². The molecule has 2 bridgehead atoms. The lowest BCUT2D eigenvalue weighted by atomic mass is 9.86. The number of anilines is 1. The lowest BCUT2D eigenvalue weighted by molar-refractivity contribution is -0.00105. The lowest BCUT2D eigenvalue weighted by Gasteiger charge is -2.36. The van der Waals surface area contributed by atoms with Crippen molar-refractivity contribution in [3.05, 3.63) is 82.8 Å². The van der Waals surface area contributed by atoms with Gasteiger partial charge in [0.15, 0.2) is 5.82 Å². The van der Waals surface area contributed by atoms with Crippen LogP contribution < -0.4 is 15.0 Å². The van der Waals surface area contributed by atoms with Gasteiger partial charge in [0, 0.05) is 47.9 Å². The van der Waals surface area contributed by atoms with E-state index < -0.39 is 5.82 Å². The van der Waals surface area contributed by atoms with Crippen molar-refractivity contribution in [1.82, 2.24) is 25.2 Å². The Morgan fingerprint density at radius 2 is 1.98 bits per heavy atom. The molecule has 246 valence electrons. The summed E-state index contributed by atoms with van der Waals surface area (Å²) < 4.78 is 29.7. The number of hydrogen-bond donors (Lipinski definition) is 2. The van der Waals surface area contributed by atoms with Crippen molar-refractivity contribution in [3.63, 3.8) is 0 Å². The number of phenols is 1. The molecule has 5 aliphatic rings. The number of piperazine rings is 1. The largest absolute Gasteiger partial charge is 0.508 e. The maximum atomic E-state index is 17.0. The first-order valence-electron chi connectivity index (χ1n) is 17.2. The monoisotopic (exact) mass is 654 g/mol. The van der Waals surface area contributed by atoms with Gasteiger partial charge in [0.1, 0.15) is 29.4 Å². The molecule has 10 rings (SSSR count). The number of rotatable bonds is 5. The van der Waals surface area contributed by atoms with Crippen LogP contribution in [0.2, 0.25) is 0 Å². The average molecular weight is 655 g/mol. The van der Waals surface area contributed by atoms with Crippen LogP contribution in [-0.2, 0) is 16.9 Å². The minimum Gasteiger partial charge on any atom is -0.508 e. The van der Waals surface area contributed by atoms with Gasteiger partial charge in [-0.05, 0) is 72.5 Å². The molecule has 2 aromatic heterocycles. The zero-order chi connectivity index (χ0) is 32.9. The zero-order valence-corrected chi connectivity index (χ0v) is 27.0. The SMILES string of the molecule is C#Cc1cccc2cc(O)cc(-c3ncc4c(N5C[C@H]6CC[C@@H](C5)N6)nc(OCC56CCCN5C5COCc7cccc6c75)nc4c3F)c12. The molecule has 4 atom stereocenters. The molecule has 0 radical (unpaired) electrons. The van der Waals surface area contributed by atoms with Crippen molar-refractivity contribution in [3.8, 4) is 35.4 Å². The molecular weight excluding hydrogens is 619 g/mol. The van der Waals surface area contributed by atoms with Crippen LogP contribution >= 0.6 is 0 Å². The number of nitrogens with one attached hydrogen (secondary N) is 1. The predicted molar refractivity (Wildman–Crippen MR) is 184 cm³/mol. The number of pyridine rings is 1. The highest BCUT2D eigenvalue weighted by Gasteiger charge is 2.55. The van der Waals surface area contributed by atoms with Gasteiger partial charge in [-0.3, -0.25) is 9.88 Å². The van der Waals surface area contributed by atoms with Crippen LogP contribution in [0, 0.1) is 18.2 Å². The molecule has 2 unspecified atom stereocenters. The second kappa shape index (κ2) is 10.8. The third-order valence-corrected chi connectivity index (χ3v) is 11.5. The van der Waals surface area contributed by atoms with Gasteiger partial charge in [0.05, 0.1) is 30.2 Å². The highest BCUT2D eigenvalue weighted by Crippen LogP contribution is 2.54. The van der Waals surface area contributed by atoms with E-state index in [-0.39, 0.29) is 34.6 Å². The molecule has 3 saturated heterocycles. The number of halogens is 1. The summed E-state index contributed by atoms with van der Waals surface area (Å²) in [6.07, 6.45) is 11.7. The fraction of sp³-hybridized carbons (Fsp3) is 0.359. The van der Waals surface area contributed by atoms with Crippen molar-refractivity contribution in [2.75, 3.05) is 37.7 Å². The van der Waals surface area contributed by atoms with Crippen LogP contribution in [0.1, 0.15) is 54.0 Å². The Balaban J connectivity index is 1.11. The van der Waals surface area contributed by atoms with E-state index in [1.165, 1.54) is 22.8 Å². The van der Waals surface area contributed by atoms with E-state index in [9.17, 15) is 5.11 Å². The highest BCUT2D eigenvalue weighted by atomic mass is 19.1. The highest BCUT2D eigenvalue weighted by molar-refractivity contribution is 6.02. The van der Waals surface area contributed by atoms with Crippen LogP contribution in [0.4, 0.5) is 10.2 Å². The van der Waals surface area contributed by atoms with Crippen LogP contribution in [0.5, 0.6) is 11.8 Å². The topological polar surface area (TPSA) is 95.9 Å². The Hall–Kier alpha value is -4.82. The number of terminal acetylenes is 1. The summed E-state index contributed by atoms with van der Waals surface area (Å²) >= 11 is 0. The Bertz CT molecular complexity index is 2230. The van der Waals surface area contributed by atoms with Crippen molar-refractivity contribution < 1.29 is 19.0 Å². The van der Waals surface area contributed by atoms with Crippen molar-refractivity contribution in [2.24, 2.45) is 0 Å². The molecule has 3 aromatic carbocycles. The molecule has 0 spiro atoms. The molecule has 3 fully saturated rings. The second-order valence-corrected chi connectivity index (χ2v) is 14.1. The summed E-state index contributed by atoms with van der Waals surface area (Å²) in [6, 6.07) is 16.2.